The van der Waals surface area contributed by atoms with Crippen molar-refractivity contribution in [2.24, 2.45) is 0 Å². The quantitative estimate of drug-likeness (QED) is 0.831. The van der Waals surface area contributed by atoms with Gasteiger partial charge in [-0.25, -0.2) is 9.78 Å². The van der Waals surface area contributed by atoms with Crippen molar-refractivity contribution < 1.29 is 14.3 Å². The first-order chi connectivity index (χ1) is 11.1. The van der Waals surface area contributed by atoms with Crippen molar-refractivity contribution in [3.8, 4) is 0 Å². The summed E-state index contributed by atoms with van der Waals surface area (Å²) in [7, 11) is 0. The smallest absolute Gasteiger partial charge is 0.354 e. The number of aryl methyl sites for hydroxylation is 1. The highest BCUT2D eigenvalue weighted by Gasteiger charge is 2.49. The summed E-state index contributed by atoms with van der Waals surface area (Å²) in [5, 5.41) is 2.89. The Hall–Kier alpha value is -2.63. The van der Waals surface area contributed by atoms with Crippen molar-refractivity contribution in [2.75, 3.05) is 11.9 Å². The van der Waals surface area contributed by atoms with E-state index in [2.05, 4.69) is 15.3 Å². The van der Waals surface area contributed by atoms with Gasteiger partial charge in [0.2, 0.25) is 5.91 Å². The van der Waals surface area contributed by atoms with Gasteiger partial charge < -0.3 is 15.0 Å². The van der Waals surface area contributed by atoms with Crippen molar-refractivity contribution in [3.63, 3.8) is 0 Å². The molecule has 0 saturated heterocycles. The molecule has 1 aliphatic carbocycles. The molecule has 1 amide bonds. The first-order valence-corrected chi connectivity index (χ1v) is 7.79. The van der Waals surface area contributed by atoms with E-state index in [-0.39, 0.29) is 11.9 Å². The number of ether oxygens (including phenoxy) is 1. The van der Waals surface area contributed by atoms with Crippen molar-refractivity contribution in [1.29, 1.82) is 0 Å². The maximum atomic E-state index is 12.6. The Morgan fingerprint density at radius 3 is 3.17 bits per heavy atom. The van der Waals surface area contributed by atoms with Crippen molar-refractivity contribution in [2.45, 2.75) is 31.6 Å². The molecule has 3 heterocycles. The third-order valence-corrected chi connectivity index (χ3v) is 4.77. The number of anilines is 1. The Morgan fingerprint density at radius 2 is 2.35 bits per heavy atom. The van der Waals surface area contributed by atoms with Crippen LogP contribution in [0.1, 0.15) is 40.7 Å². The van der Waals surface area contributed by atoms with E-state index in [1.807, 2.05) is 18.2 Å². The number of amides is 1. The fraction of sp³-hybridized carbons (Fsp3) is 0.353. The van der Waals surface area contributed by atoms with Crippen LogP contribution in [0.25, 0.3) is 0 Å². The lowest BCUT2D eigenvalue weighted by atomic mass is 9.70. The number of nitrogens with zero attached hydrogens (tertiary/aromatic N) is 1. The number of H-pyrrole nitrogens is 1. The van der Waals surface area contributed by atoms with Gasteiger partial charge in [0, 0.05) is 17.5 Å². The van der Waals surface area contributed by atoms with Gasteiger partial charge in [-0.1, -0.05) is 6.07 Å². The van der Waals surface area contributed by atoms with Crippen molar-refractivity contribution >= 4 is 17.7 Å². The number of aromatic nitrogens is 2. The lowest BCUT2D eigenvalue weighted by Crippen LogP contribution is -2.39. The second-order valence-corrected chi connectivity index (χ2v) is 6.02. The van der Waals surface area contributed by atoms with Gasteiger partial charge in [0.1, 0.15) is 11.5 Å². The van der Waals surface area contributed by atoms with Crippen LogP contribution in [0.3, 0.4) is 0 Å². The molecule has 0 radical (unpaired) electrons. The molecule has 1 atom stereocenters. The lowest BCUT2D eigenvalue weighted by Gasteiger charge is -2.31. The van der Waals surface area contributed by atoms with Gasteiger partial charge in [0.25, 0.3) is 0 Å². The molecule has 2 aromatic rings. The largest absolute Gasteiger partial charge is 0.461 e. The van der Waals surface area contributed by atoms with E-state index in [1.165, 1.54) is 0 Å². The maximum Gasteiger partial charge on any atom is 0.354 e. The van der Waals surface area contributed by atoms with E-state index >= 15 is 0 Å². The minimum absolute atomic E-state index is 0.00395. The number of esters is 1. The zero-order valence-electron chi connectivity index (χ0n) is 12.8. The van der Waals surface area contributed by atoms with Crippen molar-refractivity contribution in [3.05, 3.63) is 46.9 Å². The second-order valence-electron chi connectivity index (χ2n) is 6.02. The average Bonchev–Trinajstić information content (AvgIpc) is 3.08. The number of pyridine rings is 1. The Morgan fingerprint density at radius 1 is 1.48 bits per heavy atom. The van der Waals surface area contributed by atoms with Crippen LogP contribution >= 0.6 is 0 Å². The molecule has 0 saturated carbocycles. The fourth-order valence-electron chi connectivity index (χ4n) is 3.66. The van der Waals surface area contributed by atoms with E-state index in [1.54, 1.807) is 13.1 Å². The third-order valence-electron chi connectivity index (χ3n) is 4.77. The summed E-state index contributed by atoms with van der Waals surface area (Å²) in [5.41, 5.74) is 2.85. The highest BCUT2D eigenvalue weighted by molar-refractivity contribution is 6.05. The first kappa shape index (κ1) is 14.0. The molecule has 2 aliphatic rings. The second kappa shape index (κ2) is 4.94. The average molecular weight is 311 g/mol. The predicted octanol–water partition coefficient (Wildman–Crippen LogP) is 1.97. The maximum absolute atomic E-state index is 12.6. The molecular formula is C17H17N3O3. The molecule has 1 spiro atoms. The molecular weight excluding hydrogens is 294 g/mol. The molecule has 2 N–H and O–H groups in total. The van der Waals surface area contributed by atoms with Gasteiger partial charge in [-0.15, -0.1) is 0 Å². The normalized spacial score (nSPS) is 21.7. The van der Waals surface area contributed by atoms with E-state index in [9.17, 15) is 9.59 Å². The van der Waals surface area contributed by atoms with Gasteiger partial charge in [-0.2, -0.15) is 0 Å². The first-order valence-electron chi connectivity index (χ1n) is 7.79. The van der Waals surface area contributed by atoms with Gasteiger partial charge in [0.05, 0.1) is 12.0 Å². The Bertz CT molecular complexity index is 811. The van der Waals surface area contributed by atoms with Gasteiger partial charge in [-0.05, 0) is 43.9 Å². The number of nitrogens with one attached hydrogen (secondary N) is 2. The molecule has 4 rings (SSSR count). The highest BCUT2D eigenvalue weighted by Crippen LogP contribution is 2.45. The lowest BCUT2D eigenvalue weighted by molar-refractivity contribution is -0.121. The SMILES string of the molecule is CCOC(=O)c1cc2c([nH]1)CC[C@@]1(C2)C(=O)Nc2ncccc21. The Kier molecular flexibility index (Phi) is 3.01. The van der Waals surface area contributed by atoms with Crippen LogP contribution in [0.4, 0.5) is 5.82 Å². The number of rotatable bonds is 2. The summed E-state index contributed by atoms with van der Waals surface area (Å²) in [4.78, 5) is 31.9. The zero-order chi connectivity index (χ0) is 16.0. The Labute approximate surface area is 133 Å². The van der Waals surface area contributed by atoms with Crippen LogP contribution in [0.2, 0.25) is 0 Å². The monoisotopic (exact) mass is 311 g/mol. The van der Waals surface area contributed by atoms with Crippen LogP contribution in [0.15, 0.2) is 24.4 Å². The summed E-state index contributed by atoms with van der Waals surface area (Å²) in [6.45, 7) is 2.12. The van der Waals surface area contributed by atoms with Crippen molar-refractivity contribution in [1.82, 2.24) is 9.97 Å². The number of hydrogen-bond donors (Lipinski definition) is 2. The minimum Gasteiger partial charge on any atom is -0.461 e. The minimum atomic E-state index is -0.579. The molecule has 0 aromatic carbocycles. The molecule has 0 unspecified atom stereocenters. The number of aromatic amines is 1. The van der Waals surface area contributed by atoms with E-state index in [0.717, 1.165) is 23.2 Å². The number of carbonyl (C=O) groups is 2. The van der Waals surface area contributed by atoms with Gasteiger partial charge in [0.15, 0.2) is 0 Å². The molecule has 118 valence electrons. The van der Waals surface area contributed by atoms with Crippen LogP contribution in [0.5, 0.6) is 0 Å². The summed E-state index contributed by atoms with van der Waals surface area (Å²) < 4.78 is 5.04. The third kappa shape index (κ3) is 1.98. The Balaban J connectivity index is 1.72. The van der Waals surface area contributed by atoms with E-state index < -0.39 is 5.41 Å². The topological polar surface area (TPSA) is 84.1 Å². The molecule has 6 nitrogen and oxygen atoms in total. The summed E-state index contributed by atoms with van der Waals surface area (Å²) in [6, 6.07) is 5.64. The molecule has 6 heteroatoms. The molecule has 23 heavy (non-hydrogen) atoms. The molecule has 2 aromatic heterocycles. The predicted molar refractivity (Wildman–Crippen MR) is 83.3 cm³/mol. The summed E-state index contributed by atoms with van der Waals surface area (Å²) >= 11 is 0. The fourth-order valence-corrected chi connectivity index (χ4v) is 3.66. The van der Waals surface area contributed by atoms with Crippen LogP contribution in [-0.2, 0) is 27.8 Å². The number of carbonyl (C=O) groups excluding carboxylic acids is 2. The van der Waals surface area contributed by atoms with Crippen LogP contribution in [0, 0.1) is 0 Å². The zero-order valence-corrected chi connectivity index (χ0v) is 12.8. The van der Waals surface area contributed by atoms with Gasteiger partial charge >= 0.3 is 5.97 Å². The van der Waals surface area contributed by atoms with Gasteiger partial charge in [-0.3, -0.25) is 4.79 Å². The summed E-state index contributed by atoms with van der Waals surface area (Å²) in [5.74, 6) is 0.298. The van der Waals surface area contributed by atoms with Crippen LogP contribution in [-0.4, -0.2) is 28.5 Å². The number of fused-ring (bicyclic) bond motifs is 3. The number of hydrogen-bond acceptors (Lipinski definition) is 4. The molecule has 0 bridgehead atoms. The molecule has 0 fully saturated rings. The van der Waals surface area contributed by atoms with E-state index in [4.69, 9.17) is 4.74 Å². The standard InChI is InChI=1S/C17H17N3O3/c1-2-23-15(21)13-8-10-9-17(6-5-12(10)19-13)11-4-3-7-18-14(11)20-16(17)22/h3-4,7-8,19H,2,5-6,9H2,1H3,(H,18,20,22)/t17-/m0/s1. The molecule has 1 aliphatic heterocycles. The van der Waals surface area contributed by atoms with E-state index in [0.29, 0.717) is 31.0 Å². The van der Waals surface area contributed by atoms with Crippen LogP contribution < -0.4 is 5.32 Å². The highest BCUT2D eigenvalue weighted by atomic mass is 16.5. The summed E-state index contributed by atoms with van der Waals surface area (Å²) in [6.07, 6.45) is 3.67.